The smallest absolute Gasteiger partial charge is 0.159 e. The molecule has 4 heterocycles. The van der Waals surface area contributed by atoms with Crippen molar-refractivity contribution < 1.29 is 8.83 Å². The summed E-state index contributed by atoms with van der Waals surface area (Å²) in [5, 5.41) is 9.26. The van der Waals surface area contributed by atoms with E-state index in [0.29, 0.717) is 0 Å². The van der Waals surface area contributed by atoms with Gasteiger partial charge in [0, 0.05) is 86.6 Å². The van der Waals surface area contributed by atoms with Crippen molar-refractivity contribution in [3.63, 3.8) is 0 Å². The maximum absolute atomic E-state index is 6.81. The minimum Gasteiger partial charge on any atom is -0.456 e. The summed E-state index contributed by atoms with van der Waals surface area (Å²) in [6.07, 6.45) is 0. The van der Waals surface area contributed by atoms with Crippen molar-refractivity contribution in [2.75, 3.05) is 9.80 Å². The van der Waals surface area contributed by atoms with E-state index in [1.54, 1.807) is 0 Å². The third kappa shape index (κ3) is 6.40. The molecule has 15 rings (SSSR count). The maximum Gasteiger partial charge on any atom is 0.159 e. The van der Waals surface area contributed by atoms with Crippen molar-refractivity contribution in [3.8, 4) is 16.8 Å². The Bertz CT molecular complexity index is 4600. The third-order valence-electron chi connectivity index (χ3n) is 14.3. The van der Waals surface area contributed by atoms with Crippen LogP contribution in [0.15, 0.2) is 258 Å². The Kier molecular flexibility index (Phi) is 9.06. The zero-order valence-corrected chi connectivity index (χ0v) is 39.6. The Hall–Kier alpha value is -9.36. The number of furan rings is 2. The van der Waals surface area contributed by atoms with Crippen LogP contribution in [0.25, 0.3) is 103 Å². The van der Waals surface area contributed by atoms with Gasteiger partial charge in [-0.1, -0.05) is 133 Å². The number of aromatic nitrogens is 1. The minimum atomic E-state index is 0.821. The van der Waals surface area contributed by atoms with Crippen molar-refractivity contribution in [1.82, 2.24) is 4.57 Å². The van der Waals surface area contributed by atoms with Gasteiger partial charge in [0.05, 0.1) is 16.7 Å². The quantitative estimate of drug-likeness (QED) is 0.152. The number of rotatable bonds is 8. The van der Waals surface area contributed by atoms with Gasteiger partial charge >= 0.3 is 0 Å². The topological polar surface area (TPSA) is 37.7 Å². The number of anilines is 6. The van der Waals surface area contributed by atoms with Crippen molar-refractivity contribution >= 4 is 131 Å². The summed E-state index contributed by atoms with van der Waals surface area (Å²) in [7, 11) is 0. The van der Waals surface area contributed by atoms with Crippen LogP contribution in [0.2, 0.25) is 0 Å². The number of nitrogens with zero attached hydrogens (tertiary/aromatic N) is 3. The van der Waals surface area contributed by atoms with Crippen LogP contribution in [0.5, 0.6) is 0 Å². The van der Waals surface area contributed by atoms with E-state index in [-0.39, 0.29) is 0 Å². The fraction of sp³-hybridized carbons (Fsp3) is 0. The van der Waals surface area contributed by atoms with Crippen LogP contribution < -0.4 is 9.80 Å². The van der Waals surface area contributed by atoms with Crippen molar-refractivity contribution in [1.29, 1.82) is 0 Å². The van der Waals surface area contributed by atoms with Gasteiger partial charge in [-0.2, -0.15) is 0 Å². The number of hydrogen-bond donors (Lipinski definition) is 0. The van der Waals surface area contributed by atoms with E-state index in [0.717, 1.165) is 94.8 Å². The van der Waals surface area contributed by atoms with E-state index in [1.807, 2.05) is 17.4 Å². The Morgan fingerprint density at radius 3 is 1.75 bits per heavy atom. The molecule has 0 radical (unpaired) electrons. The van der Waals surface area contributed by atoms with Gasteiger partial charge in [0.1, 0.15) is 16.7 Å². The highest BCUT2D eigenvalue weighted by molar-refractivity contribution is 7.25. The molecule has 0 unspecified atom stereocenters. The molecule has 5 nitrogen and oxygen atoms in total. The Morgan fingerprint density at radius 2 is 0.875 bits per heavy atom. The zero-order valence-electron chi connectivity index (χ0n) is 38.7. The molecular formula is C66H41N3O2S. The average molecular weight is 940 g/mol. The highest BCUT2D eigenvalue weighted by Crippen LogP contribution is 2.47. The van der Waals surface area contributed by atoms with Gasteiger partial charge in [-0.15, -0.1) is 11.3 Å². The van der Waals surface area contributed by atoms with Crippen LogP contribution in [-0.2, 0) is 0 Å². The van der Waals surface area contributed by atoms with Gasteiger partial charge in [-0.25, -0.2) is 0 Å². The molecule has 0 saturated heterocycles. The van der Waals surface area contributed by atoms with E-state index in [1.165, 1.54) is 42.0 Å². The van der Waals surface area contributed by atoms with Gasteiger partial charge < -0.3 is 23.2 Å². The van der Waals surface area contributed by atoms with Crippen molar-refractivity contribution in [2.24, 2.45) is 0 Å². The molecule has 15 aromatic rings. The molecule has 0 aliphatic carbocycles. The van der Waals surface area contributed by atoms with E-state index in [4.69, 9.17) is 8.83 Å². The van der Waals surface area contributed by atoms with E-state index < -0.39 is 0 Å². The summed E-state index contributed by atoms with van der Waals surface area (Å²) in [6.45, 7) is 0. The number of fused-ring (bicyclic) bond motifs is 12. The van der Waals surface area contributed by atoms with E-state index in [9.17, 15) is 0 Å². The fourth-order valence-corrected chi connectivity index (χ4v) is 12.2. The summed E-state index contributed by atoms with van der Waals surface area (Å²) in [6, 6.07) is 89.1. The lowest BCUT2D eigenvalue weighted by molar-refractivity contribution is 0.669. The van der Waals surface area contributed by atoms with Gasteiger partial charge in [-0.3, -0.25) is 0 Å². The van der Waals surface area contributed by atoms with Crippen LogP contribution in [0, 0.1) is 0 Å². The van der Waals surface area contributed by atoms with Gasteiger partial charge in [0.25, 0.3) is 0 Å². The number of thiophene rings is 1. The highest BCUT2D eigenvalue weighted by Gasteiger charge is 2.23. The first-order valence-electron chi connectivity index (χ1n) is 24.3. The third-order valence-corrected chi connectivity index (χ3v) is 15.5. The lowest BCUT2D eigenvalue weighted by Crippen LogP contribution is -2.13. The molecule has 0 bridgehead atoms. The second-order valence-corrected chi connectivity index (χ2v) is 19.6. The van der Waals surface area contributed by atoms with Crippen LogP contribution in [-0.4, -0.2) is 4.57 Å². The molecule has 0 spiro atoms. The molecule has 4 aromatic heterocycles. The lowest BCUT2D eigenvalue weighted by atomic mass is 10.0. The summed E-state index contributed by atoms with van der Waals surface area (Å²) in [4.78, 5) is 4.70. The van der Waals surface area contributed by atoms with E-state index >= 15 is 0 Å². The van der Waals surface area contributed by atoms with E-state index in [2.05, 4.69) is 257 Å². The first kappa shape index (κ1) is 40.5. The fourth-order valence-electron chi connectivity index (χ4n) is 11.1. The number of para-hydroxylation sites is 5. The first-order valence-corrected chi connectivity index (χ1v) is 25.1. The van der Waals surface area contributed by atoms with Gasteiger partial charge in [0.2, 0.25) is 0 Å². The molecule has 0 aliphatic heterocycles. The van der Waals surface area contributed by atoms with Crippen LogP contribution in [0.3, 0.4) is 0 Å². The predicted molar refractivity (Wildman–Crippen MR) is 303 cm³/mol. The molecule has 0 amide bonds. The molecule has 6 heteroatoms. The molecular weight excluding hydrogens is 899 g/mol. The Labute approximate surface area is 417 Å². The summed E-state index contributed by atoms with van der Waals surface area (Å²) >= 11 is 1.84. The van der Waals surface area contributed by atoms with Crippen molar-refractivity contribution in [3.05, 3.63) is 249 Å². The normalized spacial score (nSPS) is 11.9. The standard InChI is InChI=1S/C66H41N3O2S/c1-3-15-44(16-4-1)67(49-31-34-54-53-23-9-12-28-64(53)72-65(54)41-49)46-19-13-20-47(39-46)68(59-26-14-24-55-52-22-8-11-27-61(52)71-66(55)59)48-32-36-63-57(40-48)56-37-42(30-35-62(56)70-63)43-29-33-51-50-21-7-10-25-58(50)69(60(51)38-43)45-17-5-2-6-18-45/h1-41H. The minimum absolute atomic E-state index is 0.821. The predicted octanol–water partition coefficient (Wildman–Crippen LogP) is 19.6. The number of hydrogen-bond acceptors (Lipinski definition) is 5. The highest BCUT2D eigenvalue weighted by atomic mass is 32.1. The molecule has 0 N–H and O–H groups in total. The average Bonchev–Trinajstić information content (AvgIpc) is 4.20. The summed E-state index contributed by atoms with van der Waals surface area (Å²) in [5.41, 5.74) is 15.2. The van der Waals surface area contributed by atoms with Gasteiger partial charge in [-0.05, 0) is 126 Å². The summed E-state index contributed by atoms with van der Waals surface area (Å²) < 4.78 is 18.4. The molecule has 0 aliphatic rings. The lowest BCUT2D eigenvalue weighted by Gasteiger charge is -2.29. The van der Waals surface area contributed by atoms with Crippen LogP contribution >= 0.6 is 11.3 Å². The molecule has 72 heavy (non-hydrogen) atoms. The van der Waals surface area contributed by atoms with Crippen molar-refractivity contribution in [2.45, 2.75) is 0 Å². The van der Waals surface area contributed by atoms with Crippen LogP contribution in [0.4, 0.5) is 34.1 Å². The second kappa shape index (κ2) is 16.1. The maximum atomic E-state index is 6.81. The zero-order chi connectivity index (χ0) is 47.3. The molecule has 11 aromatic carbocycles. The second-order valence-electron chi connectivity index (χ2n) is 18.5. The Balaban J connectivity index is 0.907. The summed E-state index contributed by atoms with van der Waals surface area (Å²) in [5.74, 6) is 0. The first-order chi connectivity index (χ1) is 35.7. The van der Waals surface area contributed by atoms with Crippen LogP contribution in [0.1, 0.15) is 0 Å². The number of benzene rings is 11. The van der Waals surface area contributed by atoms with Gasteiger partial charge in [0.15, 0.2) is 5.58 Å². The molecule has 338 valence electrons. The molecule has 0 atom stereocenters. The monoisotopic (exact) mass is 939 g/mol. The molecule has 0 saturated carbocycles. The largest absolute Gasteiger partial charge is 0.456 e. The SMILES string of the molecule is c1ccc(N(c2cccc(N(c3ccc4oc5ccc(-c6ccc7c8ccccc8n(-c8ccccc8)c7c6)cc5c4c3)c3cccc4c3oc3ccccc34)c2)c2ccc3c(c2)sc2ccccc23)cc1. The molecule has 0 fully saturated rings. The Morgan fingerprint density at radius 1 is 0.306 bits per heavy atom.